The predicted molar refractivity (Wildman–Crippen MR) is 83.4 cm³/mol. The number of rotatable bonds is 5. The number of hydrogen-bond donors (Lipinski definition) is 0. The van der Waals surface area contributed by atoms with Crippen molar-refractivity contribution in [1.82, 2.24) is 0 Å². The Bertz CT molecular complexity index is 724. The summed E-state index contributed by atoms with van der Waals surface area (Å²) in [5, 5.41) is 11.0. The summed E-state index contributed by atoms with van der Waals surface area (Å²) in [4.78, 5) is 22.8. The number of nitrogens with zero attached hydrogens (tertiary/aromatic N) is 1. The standard InChI is InChI=1S/C17H17NO4/c1-11-8-9-14(10-12(11)2)17(19)13(3)22-16-7-5-4-6-15(16)18(20)21/h4-10,13H,1-3H3/t13-/m1/s1. The monoisotopic (exact) mass is 299 g/mol. The zero-order valence-electron chi connectivity index (χ0n) is 12.7. The van der Waals surface area contributed by atoms with Gasteiger partial charge < -0.3 is 4.74 Å². The Morgan fingerprint density at radius 2 is 1.82 bits per heavy atom. The number of Topliss-reactive ketones (excluding diaryl/α,β-unsaturated/α-hetero) is 1. The van der Waals surface area contributed by atoms with Crippen LogP contribution in [0.2, 0.25) is 0 Å². The number of aryl methyl sites for hydroxylation is 2. The third-order valence-electron chi connectivity index (χ3n) is 3.53. The van der Waals surface area contributed by atoms with Crippen molar-refractivity contribution in [3.8, 4) is 5.75 Å². The molecule has 114 valence electrons. The van der Waals surface area contributed by atoms with Crippen molar-refractivity contribution >= 4 is 11.5 Å². The summed E-state index contributed by atoms with van der Waals surface area (Å²) < 4.78 is 5.50. The average molecular weight is 299 g/mol. The number of hydrogen-bond acceptors (Lipinski definition) is 4. The van der Waals surface area contributed by atoms with Gasteiger partial charge in [-0.1, -0.05) is 24.3 Å². The lowest BCUT2D eigenvalue weighted by molar-refractivity contribution is -0.386. The van der Waals surface area contributed by atoms with Gasteiger partial charge in [-0.3, -0.25) is 14.9 Å². The van der Waals surface area contributed by atoms with Gasteiger partial charge >= 0.3 is 5.69 Å². The van der Waals surface area contributed by atoms with Gasteiger partial charge in [-0.2, -0.15) is 0 Å². The van der Waals surface area contributed by atoms with E-state index in [0.717, 1.165) is 11.1 Å². The molecule has 0 saturated carbocycles. The first-order valence-corrected chi connectivity index (χ1v) is 6.91. The van der Waals surface area contributed by atoms with Crippen LogP contribution in [0.5, 0.6) is 5.75 Å². The Hall–Kier alpha value is -2.69. The molecule has 0 fully saturated rings. The van der Waals surface area contributed by atoms with E-state index in [1.54, 1.807) is 31.2 Å². The van der Waals surface area contributed by atoms with Crippen molar-refractivity contribution in [2.75, 3.05) is 0 Å². The Kier molecular flexibility index (Phi) is 4.56. The molecule has 5 nitrogen and oxygen atoms in total. The minimum absolute atomic E-state index is 0.0946. The fraction of sp³-hybridized carbons (Fsp3) is 0.235. The van der Waals surface area contributed by atoms with Crippen molar-refractivity contribution in [1.29, 1.82) is 0 Å². The van der Waals surface area contributed by atoms with Crippen LogP contribution in [-0.4, -0.2) is 16.8 Å². The maximum Gasteiger partial charge on any atom is 0.310 e. The molecule has 22 heavy (non-hydrogen) atoms. The predicted octanol–water partition coefficient (Wildman–Crippen LogP) is 3.86. The maximum absolute atomic E-state index is 12.4. The van der Waals surface area contributed by atoms with Crippen LogP contribution in [-0.2, 0) is 0 Å². The maximum atomic E-state index is 12.4. The van der Waals surface area contributed by atoms with E-state index in [0.29, 0.717) is 5.56 Å². The SMILES string of the molecule is Cc1ccc(C(=O)[C@@H](C)Oc2ccccc2[N+](=O)[O-])cc1C. The van der Waals surface area contributed by atoms with E-state index in [1.165, 1.54) is 12.1 Å². The van der Waals surface area contributed by atoms with E-state index in [1.807, 2.05) is 19.9 Å². The first-order valence-electron chi connectivity index (χ1n) is 6.91. The quantitative estimate of drug-likeness (QED) is 0.477. The number of nitro benzene ring substituents is 1. The van der Waals surface area contributed by atoms with Crippen molar-refractivity contribution in [3.63, 3.8) is 0 Å². The highest BCUT2D eigenvalue weighted by atomic mass is 16.6. The van der Waals surface area contributed by atoms with Gasteiger partial charge in [0.2, 0.25) is 5.78 Å². The smallest absolute Gasteiger partial charge is 0.310 e. The summed E-state index contributed by atoms with van der Waals surface area (Å²) in [6, 6.07) is 11.4. The van der Waals surface area contributed by atoms with Crippen LogP contribution < -0.4 is 4.74 Å². The van der Waals surface area contributed by atoms with E-state index in [2.05, 4.69) is 0 Å². The molecular weight excluding hydrogens is 282 g/mol. The molecule has 2 rings (SSSR count). The summed E-state index contributed by atoms with van der Waals surface area (Å²) in [5.74, 6) is -0.113. The molecule has 0 amide bonds. The molecule has 0 aliphatic rings. The molecule has 0 unspecified atom stereocenters. The summed E-state index contributed by atoms with van der Waals surface area (Å²) in [7, 11) is 0. The van der Waals surface area contributed by atoms with Gasteiger partial charge in [-0.25, -0.2) is 0 Å². The Morgan fingerprint density at radius 1 is 1.14 bits per heavy atom. The first kappa shape index (κ1) is 15.7. The molecule has 0 aromatic heterocycles. The fourth-order valence-corrected chi connectivity index (χ4v) is 2.08. The first-order chi connectivity index (χ1) is 10.4. The lowest BCUT2D eigenvalue weighted by Crippen LogP contribution is -2.24. The van der Waals surface area contributed by atoms with Crippen molar-refractivity contribution in [2.45, 2.75) is 26.9 Å². The van der Waals surface area contributed by atoms with Gasteiger partial charge in [0.15, 0.2) is 11.9 Å². The number of carbonyl (C=O) groups is 1. The van der Waals surface area contributed by atoms with Crippen LogP contribution in [0.1, 0.15) is 28.4 Å². The summed E-state index contributed by atoms with van der Waals surface area (Å²) in [5.41, 5.74) is 2.50. The van der Waals surface area contributed by atoms with Crippen molar-refractivity contribution < 1.29 is 14.5 Å². The Morgan fingerprint density at radius 3 is 2.45 bits per heavy atom. The van der Waals surface area contributed by atoms with Gasteiger partial charge in [0, 0.05) is 11.6 Å². The van der Waals surface area contributed by atoms with E-state index in [-0.39, 0.29) is 17.2 Å². The molecule has 0 saturated heterocycles. The van der Waals surface area contributed by atoms with Crippen molar-refractivity contribution in [3.05, 3.63) is 69.3 Å². The highest BCUT2D eigenvalue weighted by Crippen LogP contribution is 2.27. The Balaban J connectivity index is 2.22. The zero-order chi connectivity index (χ0) is 16.3. The number of ether oxygens (including phenoxy) is 1. The largest absolute Gasteiger partial charge is 0.475 e. The van der Waals surface area contributed by atoms with E-state index < -0.39 is 11.0 Å². The zero-order valence-corrected chi connectivity index (χ0v) is 12.7. The number of para-hydroxylation sites is 2. The second kappa shape index (κ2) is 6.39. The Labute approximate surface area is 128 Å². The topological polar surface area (TPSA) is 69.4 Å². The van der Waals surface area contributed by atoms with Crippen LogP contribution in [0.15, 0.2) is 42.5 Å². The summed E-state index contributed by atoms with van der Waals surface area (Å²) in [6.07, 6.45) is -0.803. The summed E-state index contributed by atoms with van der Waals surface area (Å²) >= 11 is 0. The van der Waals surface area contributed by atoms with E-state index in [9.17, 15) is 14.9 Å². The number of nitro groups is 1. The molecule has 0 N–H and O–H groups in total. The molecule has 0 spiro atoms. The molecule has 0 bridgehead atoms. The summed E-state index contributed by atoms with van der Waals surface area (Å²) in [6.45, 7) is 5.49. The third-order valence-corrected chi connectivity index (χ3v) is 3.53. The molecule has 0 aliphatic carbocycles. The van der Waals surface area contributed by atoms with Gasteiger partial charge in [0.25, 0.3) is 0 Å². The molecular formula is C17H17NO4. The van der Waals surface area contributed by atoms with Gasteiger partial charge in [-0.05, 0) is 44.0 Å². The van der Waals surface area contributed by atoms with Gasteiger partial charge in [-0.15, -0.1) is 0 Å². The lowest BCUT2D eigenvalue weighted by Gasteiger charge is -2.14. The van der Waals surface area contributed by atoms with E-state index in [4.69, 9.17) is 4.74 Å². The second-order valence-corrected chi connectivity index (χ2v) is 5.15. The average Bonchev–Trinajstić information content (AvgIpc) is 2.49. The van der Waals surface area contributed by atoms with Crippen LogP contribution >= 0.6 is 0 Å². The lowest BCUT2D eigenvalue weighted by atomic mass is 10.0. The number of ketones is 1. The highest BCUT2D eigenvalue weighted by Gasteiger charge is 2.21. The minimum Gasteiger partial charge on any atom is -0.475 e. The molecule has 1 atom stereocenters. The van der Waals surface area contributed by atoms with Gasteiger partial charge in [0.1, 0.15) is 0 Å². The normalized spacial score (nSPS) is 11.8. The molecule has 0 heterocycles. The van der Waals surface area contributed by atoms with Crippen LogP contribution in [0.4, 0.5) is 5.69 Å². The van der Waals surface area contributed by atoms with Crippen LogP contribution in [0.25, 0.3) is 0 Å². The van der Waals surface area contributed by atoms with Crippen LogP contribution in [0.3, 0.4) is 0 Å². The minimum atomic E-state index is -0.803. The second-order valence-electron chi connectivity index (χ2n) is 5.15. The highest BCUT2D eigenvalue weighted by molar-refractivity contribution is 5.99. The third kappa shape index (κ3) is 3.31. The van der Waals surface area contributed by atoms with Crippen molar-refractivity contribution in [2.24, 2.45) is 0 Å². The molecule has 0 radical (unpaired) electrons. The molecule has 5 heteroatoms. The fourth-order valence-electron chi connectivity index (χ4n) is 2.08. The van der Waals surface area contributed by atoms with Gasteiger partial charge in [0.05, 0.1) is 4.92 Å². The number of benzene rings is 2. The van der Waals surface area contributed by atoms with E-state index >= 15 is 0 Å². The molecule has 2 aromatic rings. The molecule has 2 aromatic carbocycles. The van der Waals surface area contributed by atoms with Crippen LogP contribution in [0, 0.1) is 24.0 Å². The number of carbonyl (C=O) groups excluding carboxylic acids is 1. The molecule has 0 aliphatic heterocycles.